The molecule has 0 saturated heterocycles. The molecule has 1 rings (SSSR count). The van der Waals surface area contributed by atoms with Gasteiger partial charge in [-0.3, -0.25) is 9.59 Å². The monoisotopic (exact) mass is 441 g/mol. The predicted octanol–water partition coefficient (Wildman–Crippen LogP) is 1.42. The van der Waals surface area contributed by atoms with Gasteiger partial charge in [0, 0.05) is 18.1 Å². The molecule has 0 saturated carbocycles. The van der Waals surface area contributed by atoms with Gasteiger partial charge in [0.05, 0.1) is 0 Å². The lowest BCUT2D eigenvalue weighted by Crippen LogP contribution is -2.50. The summed E-state index contributed by atoms with van der Waals surface area (Å²) in [7, 11) is 0. The number of rotatable bonds is 11. The Hall–Kier alpha value is -3.01. The molecule has 0 unspecified atom stereocenters. The van der Waals surface area contributed by atoms with Crippen LogP contribution in [0.1, 0.15) is 32.3 Å². The Labute approximate surface area is 180 Å². The molecule has 1 aromatic rings. The first kappa shape index (κ1) is 25.0. The number of ether oxygens (including phenoxy) is 1. The minimum absolute atomic E-state index is 0.207. The van der Waals surface area contributed by atoms with Gasteiger partial charge in [-0.2, -0.15) is 0 Å². The summed E-state index contributed by atoms with van der Waals surface area (Å²) in [6, 6.07) is 5.28. The second kappa shape index (κ2) is 12.5. The molecule has 0 aliphatic carbocycles. The average Bonchev–Trinajstić information content (AvgIpc) is 2.68. The van der Waals surface area contributed by atoms with E-state index in [1.807, 2.05) is 0 Å². The van der Waals surface area contributed by atoms with E-state index in [1.54, 1.807) is 38.1 Å². The van der Waals surface area contributed by atoms with Crippen molar-refractivity contribution >= 4 is 41.2 Å². The van der Waals surface area contributed by atoms with Gasteiger partial charge in [0.1, 0.15) is 6.04 Å². The molecule has 0 bridgehead atoms. The number of nitrogens with two attached hydrogens (primary N) is 2. The molecule has 0 aromatic heterocycles. The first-order valence-corrected chi connectivity index (χ1v) is 9.93. The SMILES string of the molecule is CC(C)[C@H](OC(N)=O)C(=O)N[C@@H](CCCNC(N)=O)C(=O)Nc1ccc(CCl)cc1. The molecule has 0 aliphatic rings. The summed E-state index contributed by atoms with van der Waals surface area (Å²) >= 11 is 5.76. The van der Waals surface area contributed by atoms with E-state index in [-0.39, 0.29) is 18.9 Å². The number of anilines is 1. The van der Waals surface area contributed by atoms with E-state index in [0.717, 1.165) is 5.56 Å². The van der Waals surface area contributed by atoms with Gasteiger partial charge in [0.2, 0.25) is 5.91 Å². The van der Waals surface area contributed by atoms with Crippen molar-refractivity contribution in [1.29, 1.82) is 0 Å². The van der Waals surface area contributed by atoms with Crippen LogP contribution in [0.3, 0.4) is 0 Å². The Morgan fingerprint density at radius 1 is 1.07 bits per heavy atom. The van der Waals surface area contributed by atoms with Crippen molar-refractivity contribution in [1.82, 2.24) is 10.6 Å². The van der Waals surface area contributed by atoms with Crippen LogP contribution in [-0.4, -0.2) is 42.6 Å². The molecule has 10 nitrogen and oxygen atoms in total. The molecule has 0 heterocycles. The van der Waals surface area contributed by atoms with E-state index >= 15 is 0 Å². The van der Waals surface area contributed by atoms with Gasteiger partial charge in [-0.25, -0.2) is 9.59 Å². The van der Waals surface area contributed by atoms with Gasteiger partial charge < -0.3 is 32.2 Å². The molecule has 166 valence electrons. The fraction of sp³-hybridized carbons (Fsp3) is 0.474. The topological polar surface area (TPSA) is 166 Å². The molecular formula is C19H28ClN5O5. The van der Waals surface area contributed by atoms with E-state index in [2.05, 4.69) is 16.0 Å². The zero-order chi connectivity index (χ0) is 22.7. The van der Waals surface area contributed by atoms with Crippen molar-refractivity contribution in [2.45, 2.75) is 44.7 Å². The van der Waals surface area contributed by atoms with Crippen molar-refractivity contribution in [3.63, 3.8) is 0 Å². The number of carbonyl (C=O) groups excluding carboxylic acids is 4. The smallest absolute Gasteiger partial charge is 0.405 e. The zero-order valence-corrected chi connectivity index (χ0v) is 17.7. The summed E-state index contributed by atoms with van der Waals surface area (Å²) in [6.45, 7) is 3.58. The Morgan fingerprint density at radius 3 is 2.20 bits per heavy atom. The molecule has 30 heavy (non-hydrogen) atoms. The fourth-order valence-corrected chi connectivity index (χ4v) is 2.74. The molecule has 0 radical (unpaired) electrons. The maximum atomic E-state index is 12.7. The van der Waals surface area contributed by atoms with E-state index in [0.29, 0.717) is 18.0 Å². The highest BCUT2D eigenvalue weighted by atomic mass is 35.5. The Balaban J connectivity index is 2.87. The summed E-state index contributed by atoms with van der Waals surface area (Å²) in [6.07, 6.45) is -1.66. The van der Waals surface area contributed by atoms with E-state index < -0.39 is 36.1 Å². The molecule has 11 heteroatoms. The number of hydrogen-bond donors (Lipinski definition) is 5. The number of halogens is 1. The van der Waals surface area contributed by atoms with Crippen molar-refractivity contribution in [3.05, 3.63) is 29.8 Å². The van der Waals surface area contributed by atoms with E-state index in [9.17, 15) is 19.2 Å². The average molecular weight is 442 g/mol. The van der Waals surface area contributed by atoms with Crippen LogP contribution in [0.15, 0.2) is 24.3 Å². The molecule has 0 spiro atoms. The highest BCUT2D eigenvalue weighted by Gasteiger charge is 2.29. The highest BCUT2D eigenvalue weighted by molar-refractivity contribution is 6.17. The summed E-state index contributed by atoms with van der Waals surface area (Å²) in [4.78, 5) is 47.2. The third kappa shape index (κ3) is 8.99. The van der Waals surface area contributed by atoms with Crippen LogP contribution in [0.25, 0.3) is 0 Å². The second-order valence-corrected chi connectivity index (χ2v) is 7.18. The van der Waals surface area contributed by atoms with Crippen LogP contribution < -0.4 is 27.4 Å². The highest BCUT2D eigenvalue weighted by Crippen LogP contribution is 2.13. The molecule has 7 N–H and O–H groups in total. The Bertz CT molecular complexity index is 741. The third-order valence-corrected chi connectivity index (χ3v) is 4.39. The van der Waals surface area contributed by atoms with Crippen LogP contribution in [-0.2, 0) is 20.2 Å². The van der Waals surface area contributed by atoms with Crippen LogP contribution in [0.4, 0.5) is 15.3 Å². The van der Waals surface area contributed by atoms with Crippen molar-refractivity contribution in [3.8, 4) is 0 Å². The molecule has 0 fully saturated rings. The van der Waals surface area contributed by atoms with E-state index in [1.165, 1.54) is 0 Å². The lowest BCUT2D eigenvalue weighted by molar-refractivity contribution is -0.134. The van der Waals surface area contributed by atoms with Crippen molar-refractivity contribution < 1.29 is 23.9 Å². The number of benzene rings is 1. The molecular weight excluding hydrogens is 414 g/mol. The number of carbonyl (C=O) groups is 4. The van der Waals surface area contributed by atoms with E-state index in [4.69, 9.17) is 27.8 Å². The molecule has 5 amide bonds. The summed E-state index contributed by atoms with van der Waals surface area (Å²) in [5, 5.41) is 7.72. The lowest BCUT2D eigenvalue weighted by Gasteiger charge is -2.24. The summed E-state index contributed by atoms with van der Waals surface area (Å²) in [5.74, 6) is -1.14. The Morgan fingerprint density at radius 2 is 1.70 bits per heavy atom. The number of primary amides is 2. The minimum atomic E-state index is -1.15. The lowest BCUT2D eigenvalue weighted by atomic mass is 10.0. The summed E-state index contributed by atoms with van der Waals surface area (Å²) in [5.41, 5.74) is 11.5. The zero-order valence-electron chi connectivity index (χ0n) is 16.9. The summed E-state index contributed by atoms with van der Waals surface area (Å²) < 4.78 is 4.86. The van der Waals surface area contributed by atoms with Crippen LogP contribution >= 0.6 is 11.6 Å². The largest absolute Gasteiger partial charge is 0.436 e. The van der Waals surface area contributed by atoms with Gasteiger partial charge in [-0.05, 0) is 36.5 Å². The van der Waals surface area contributed by atoms with Crippen LogP contribution in [0.2, 0.25) is 0 Å². The van der Waals surface area contributed by atoms with Gasteiger partial charge in [-0.1, -0.05) is 26.0 Å². The first-order chi connectivity index (χ1) is 14.1. The van der Waals surface area contributed by atoms with Crippen molar-refractivity contribution in [2.24, 2.45) is 17.4 Å². The maximum absolute atomic E-state index is 12.7. The van der Waals surface area contributed by atoms with Gasteiger partial charge in [-0.15, -0.1) is 11.6 Å². The molecule has 2 atom stereocenters. The molecule has 1 aromatic carbocycles. The standard InChI is InChI=1S/C19H28ClN5O5/c1-11(2)15(30-19(22)29)17(27)25-14(4-3-9-23-18(21)28)16(26)24-13-7-5-12(10-20)6-8-13/h5-8,11,14-15H,3-4,9-10H2,1-2H3,(H2,22,29)(H,24,26)(H,25,27)(H3,21,23,28)/t14-,15-/m0/s1. The normalized spacial score (nSPS) is 12.5. The van der Waals surface area contributed by atoms with Gasteiger partial charge >= 0.3 is 12.1 Å². The van der Waals surface area contributed by atoms with Crippen molar-refractivity contribution in [2.75, 3.05) is 11.9 Å². The predicted molar refractivity (Wildman–Crippen MR) is 113 cm³/mol. The number of nitrogens with one attached hydrogen (secondary N) is 3. The number of amides is 5. The molecule has 0 aliphatic heterocycles. The number of alkyl halides is 1. The second-order valence-electron chi connectivity index (χ2n) is 6.92. The van der Waals surface area contributed by atoms with Crippen LogP contribution in [0, 0.1) is 5.92 Å². The fourth-order valence-electron chi connectivity index (χ4n) is 2.56. The number of urea groups is 1. The van der Waals surface area contributed by atoms with Gasteiger partial charge in [0.15, 0.2) is 6.10 Å². The van der Waals surface area contributed by atoms with Gasteiger partial charge in [0.25, 0.3) is 5.91 Å². The minimum Gasteiger partial charge on any atom is -0.436 e. The Kier molecular flexibility index (Phi) is 10.5. The number of hydrogen-bond acceptors (Lipinski definition) is 5. The first-order valence-electron chi connectivity index (χ1n) is 9.39. The van der Waals surface area contributed by atoms with Crippen LogP contribution in [0.5, 0.6) is 0 Å². The quantitative estimate of drug-likeness (QED) is 0.258. The third-order valence-electron chi connectivity index (χ3n) is 4.08. The maximum Gasteiger partial charge on any atom is 0.405 e.